The Labute approximate surface area is 139 Å². The number of piperidine rings is 1. The molecule has 1 heterocycles. The molecule has 0 saturated carbocycles. The van der Waals surface area contributed by atoms with Gasteiger partial charge in [0.25, 0.3) is 0 Å². The molecule has 0 spiro atoms. The first-order valence-electron chi connectivity index (χ1n) is 8.42. The Morgan fingerprint density at radius 3 is 2.74 bits per heavy atom. The van der Waals surface area contributed by atoms with Gasteiger partial charge in [-0.05, 0) is 63.0 Å². The second-order valence-corrected chi connectivity index (χ2v) is 6.03. The molecule has 1 aliphatic rings. The van der Waals surface area contributed by atoms with Crippen LogP contribution in [0.15, 0.2) is 24.3 Å². The quantitative estimate of drug-likeness (QED) is 0.747. The summed E-state index contributed by atoms with van der Waals surface area (Å²) in [4.78, 5) is 14.3. The van der Waals surface area contributed by atoms with E-state index in [1.165, 1.54) is 6.42 Å². The summed E-state index contributed by atoms with van der Waals surface area (Å²) < 4.78 is 10.8. The van der Waals surface area contributed by atoms with Crippen molar-refractivity contribution in [3.63, 3.8) is 0 Å². The van der Waals surface area contributed by atoms with Gasteiger partial charge in [0, 0.05) is 19.5 Å². The van der Waals surface area contributed by atoms with E-state index in [1.54, 1.807) is 7.11 Å². The standard InChI is InChI=1S/C18H28N2O3/c1-19-13-15-5-3-11-20(14-15)18(21)6-4-12-23-17-9-7-16(22-2)8-10-17/h7-10,15,19H,3-6,11-14H2,1-2H3. The predicted molar refractivity (Wildman–Crippen MR) is 91.0 cm³/mol. The van der Waals surface area contributed by atoms with Gasteiger partial charge in [0.15, 0.2) is 0 Å². The number of rotatable bonds is 8. The molecule has 1 fully saturated rings. The van der Waals surface area contributed by atoms with Gasteiger partial charge in [-0.1, -0.05) is 0 Å². The smallest absolute Gasteiger partial charge is 0.222 e. The maximum atomic E-state index is 12.3. The van der Waals surface area contributed by atoms with Crippen molar-refractivity contribution in [3.8, 4) is 11.5 Å². The lowest BCUT2D eigenvalue weighted by molar-refractivity contribution is -0.133. The van der Waals surface area contributed by atoms with E-state index in [4.69, 9.17) is 9.47 Å². The summed E-state index contributed by atoms with van der Waals surface area (Å²) in [6.07, 6.45) is 3.63. The lowest BCUT2D eigenvalue weighted by Crippen LogP contribution is -2.42. The summed E-state index contributed by atoms with van der Waals surface area (Å²) in [7, 11) is 3.61. The minimum absolute atomic E-state index is 0.254. The average molecular weight is 320 g/mol. The second kappa shape index (κ2) is 9.40. The molecule has 1 saturated heterocycles. The molecule has 1 aliphatic heterocycles. The predicted octanol–water partition coefficient (Wildman–Crippen LogP) is 2.31. The molecule has 1 atom stereocenters. The number of likely N-dealkylation sites (tertiary alicyclic amines) is 1. The number of methoxy groups -OCH3 is 1. The van der Waals surface area contributed by atoms with Crippen molar-refractivity contribution in [2.75, 3.05) is 40.4 Å². The van der Waals surface area contributed by atoms with E-state index in [2.05, 4.69) is 5.32 Å². The zero-order valence-corrected chi connectivity index (χ0v) is 14.2. The Kier molecular flexibility index (Phi) is 7.20. The summed E-state index contributed by atoms with van der Waals surface area (Å²) in [5.74, 6) is 2.47. The van der Waals surface area contributed by atoms with Crippen LogP contribution in [0.2, 0.25) is 0 Å². The topological polar surface area (TPSA) is 50.8 Å². The molecule has 1 N–H and O–H groups in total. The van der Waals surface area contributed by atoms with Gasteiger partial charge in [-0.25, -0.2) is 0 Å². The first-order valence-corrected chi connectivity index (χ1v) is 8.42. The minimum Gasteiger partial charge on any atom is -0.497 e. The fourth-order valence-electron chi connectivity index (χ4n) is 2.99. The van der Waals surface area contributed by atoms with Crippen LogP contribution in [-0.2, 0) is 4.79 Å². The van der Waals surface area contributed by atoms with Crippen LogP contribution in [0.25, 0.3) is 0 Å². The van der Waals surface area contributed by atoms with E-state index in [0.29, 0.717) is 18.9 Å². The van der Waals surface area contributed by atoms with E-state index in [0.717, 1.165) is 44.0 Å². The maximum Gasteiger partial charge on any atom is 0.222 e. The highest BCUT2D eigenvalue weighted by molar-refractivity contribution is 5.76. The second-order valence-electron chi connectivity index (χ2n) is 6.03. The van der Waals surface area contributed by atoms with Gasteiger partial charge < -0.3 is 19.7 Å². The molecule has 128 valence electrons. The highest BCUT2D eigenvalue weighted by Crippen LogP contribution is 2.18. The summed E-state index contributed by atoms with van der Waals surface area (Å²) in [6.45, 7) is 3.34. The number of hydrogen-bond acceptors (Lipinski definition) is 4. The van der Waals surface area contributed by atoms with E-state index < -0.39 is 0 Å². The molecule has 0 aliphatic carbocycles. The molecule has 1 aromatic carbocycles. The molecule has 5 heteroatoms. The van der Waals surface area contributed by atoms with Crippen molar-refractivity contribution in [2.24, 2.45) is 5.92 Å². The molecule has 2 rings (SSSR count). The number of benzene rings is 1. The SMILES string of the molecule is CNCC1CCCN(C(=O)CCCOc2ccc(OC)cc2)C1. The van der Waals surface area contributed by atoms with Gasteiger partial charge in [0.05, 0.1) is 13.7 Å². The van der Waals surface area contributed by atoms with Crippen LogP contribution in [0, 0.1) is 5.92 Å². The molecule has 0 radical (unpaired) electrons. The Hall–Kier alpha value is -1.75. The van der Waals surface area contributed by atoms with Crippen LogP contribution in [0.5, 0.6) is 11.5 Å². The molecule has 1 unspecified atom stereocenters. The van der Waals surface area contributed by atoms with Gasteiger partial charge in [-0.2, -0.15) is 0 Å². The van der Waals surface area contributed by atoms with Crippen LogP contribution in [0.4, 0.5) is 0 Å². The summed E-state index contributed by atoms with van der Waals surface area (Å²) in [5.41, 5.74) is 0. The fourth-order valence-corrected chi connectivity index (χ4v) is 2.99. The molecule has 0 bridgehead atoms. The zero-order chi connectivity index (χ0) is 16.5. The highest BCUT2D eigenvalue weighted by atomic mass is 16.5. The van der Waals surface area contributed by atoms with Gasteiger partial charge in [-0.3, -0.25) is 4.79 Å². The zero-order valence-electron chi connectivity index (χ0n) is 14.2. The number of nitrogens with zero attached hydrogens (tertiary/aromatic N) is 1. The molecule has 1 aromatic rings. The summed E-state index contributed by atoms with van der Waals surface area (Å²) in [5, 5.41) is 3.21. The van der Waals surface area contributed by atoms with Crippen LogP contribution < -0.4 is 14.8 Å². The number of carbonyl (C=O) groups is 1. The number of hydrogen-bond donors (Lipinski definition) is 1. The first kappa shape index (κ1) is 17.6. The van der Waals surface area contributed by atoms with Crippen molar-refractivity contribution in [1.82, 2.24) is 10.2 Å². The van der Waals surface area contributed by atoms with Crippen molar-refractivity contribution in [1.29, 1.82) is 0 Å². The van der Waals surface area contributed by atoms with Gasteiger partial charge >= 0.3 is 0 Å². The summed E-state index contributed by atoms with van der Waals surface area (Å²) >= 11 is 0. The van der Waals surface area contributed by atoms with Crippen LogP contribution in [-0.4, -0.2) is 51.2 Å². The molecule has 1 amide bonds. The van der Waals surface area contributed by atoms with E-state index >= 15 is 0 Å². The third-order valence-electron chi connectivity index (χ3n) is 4.23. The Morgan fingerprint density at radius 1 is 1.30 bits per heavy atom. The van der Waals surface area contributed by atoms with Crippen molar-refractivity contribution >= 4 is 5.91 Å². The van der Waals surface area contributed by atoms with Gasteiger partial charge in [0.2, 0.25) is 5.91 Å². The minimum atomic E-state index is 0.254. The van der Waals surface area contributed by atoms with Crippen LogP contribution in [0.3, 0.4) is 0 Å². The van der Waals surface area contributed by atoms with Crippen molar-refractivity contribution in [3.05, 3.63) is 24.3 Å². The number of nitrogens with one attached hydrogen (secondary N) is 1. The third-order valence-corrected chi connectivity index (χ3v) is 4.23. The largest absolute Gasteiger partial charge is 0.497 e. The molecule has 0 aromatic heterocycles. The Bertz CT molecular complexity index is 474. The maximum absolute atomic E-state index is 12.3. The molecular formula is C18H28N2O3. The van der Waals surface area contributed by atoms with E-state index in [9.17, 15) is 4.79 Å². The lowest BCUT2D eigenvalue weighted by atomic mass is 9.97. The van der Waals surface area contributed by atoms with Crippen molar-refractivity contribution < 1.29 is 14.3 Å². The lowest BCUT2D eigenvalue weighted by Gasteiger charge is -2.32. The van der Waals surface area contributed by atoms with Crippen LogP contribution >= 0.6 is 0 Å². The molecule has 5 nitrogen and oxygen atoms in total. The highest BCUT2D eigenvalue weighted by Gasteiger charge is 2.22. The number of carbonyl (C=O) groups excluding carboxylic acids is 1. The van der Waals surface area contributed by atoms with Crippen LogP contribution in [0.1, 0.15) is 25.7 Å². The Morgan fingerprint density at radius 2 is 2.04 bits per heavy atom. The number of ether oxygens (including phenoxy) is 2. The van der Waals surface area contributed by atoms with Gasteiger partial charge in [0.1, 0.15) is 11.5 Å². The third kappa shape index (κ3) is 5.75. The molecule has 23 heavy (non-hydrogen) atoms. The monoisotopic (exact) mass is 320 g/mol. The van der Waals surface area contributed by atoms with E-state index in [-0.39, 0.29) is 5.91 Å². The molecular weight excluding hydrogens is 292 g/mol. The van der Waals surface area contributed by atoms with Crippen molar-refractivity contribution in [2.45, 2.75) is 25.7 Å². The average Bonchev–Trinajstić information content (AvgIpc) is 2.59. The first-order chi connectivity index (χ1) is 11.2. The fraction of sp³-hybridized carbons (Fsp3) is 0.611. The van der Waals surface area contributed by atoms with Gasteiger partial charge in [-0.15, -0.1) is 0 Å². The Balaban J connectivity index is 1.65. The normalized spacial score (nSPS) is 17.8. The summed E-state index contributed by atoms with van der Waals surface area (Å²) in [6, 6.07) is 7.51. The number of amides is 1. The van der Waals surface area contributed by atoms with E-state index in [1.807, 2.05) is 36.2 Å².